The van der Waals surface area contributed by atoms with Crippen molar-refractivity contribution in [1.82, 2.24) is 4.98 Å². The molecular weight excluding hydrogens is 224 g/mol. The molecule has 0 aromatic carbocycles. The lowest BCUT2D eigenvalue weighted by atomic mass is 9.80. The molecule has 2 N–H and O–H groups in total. The van der Waals surface area contributed by atoms with E-state index in [2.05, 4.69) is 32.7 Å². The van der Waals surface area contributed by atoms with Crippen molar-refractivity contribution < 1.29 is 4.74 Å². The average Bonchev–Trinajstić information content (AvgIpc) is 2.48. The predicted molar refractivity (Wildman–Crippen MR) is 73.3 cm³/mol. The smallest absolute Gasteiger partial charge is 0.0677 e. The molecule has 1 aromatic rings. The predicted octanol–water partition coefficient (Wildman–Crippen LogP) is 2.55. The summed E-state index contributed by atoms with van der Waals surface area (Å²) in [6, 6.07) is 4.20. The number of rotatable bonds is 3. The summed E-state index contributed by atoms with van der Waals surface area (Å²) < 4.78 is 6.12. The SMILES string of the molecule is CC1(C)CC(C(N)Cc2ccncc2)C(C)(C)O1. The van der Waals surface area contributed by atoms with Gasteiger partial charge in [0.2, 0.25) is 0 Å². The van der Waals surface area contributed by atoms with Crippen LogP contribution in [0.15, 0.2) is 24.5 Å². The maximum atomic E-state index is 6.41. The summed E-state index contributed by atoms with van der Waals surface area (Å²) in [7, 11) is 0. The molecule has 1 aliphatic rings. The van der Waals surface area contributed by atoms with E-state index < -0.39 is 0 Å². The Morgan fingerprint density at radius 2 is 1.94 bits per heavy atom. The molecule has 1 saturated heterocycles. The highest BCUT2D eigenvalue weighted by molar-refractivity contribution is 5.13. The highest BCUT2D eigenvalue weighted by Gasteiger charge is 2.47. The minimum Gasteiger partial charge on any atom is -0.369 e. The van der Waals surface area contributed by atoms with Crippen LogP contribution in [0.1, 0.15) is 39.7 Å². The average molecular weight is 248 g/mol. The largest absolute Gasteiger partial charge is 0.369 e. The van der Waals surface area contributed by atoms with E-state index in [1.165, 1.54) is 5.56 Å². The second-order valence-corrected chi connectivity index (χ2v) is 6.50. The molecule has 100 valence electrons. The summed E-state index contributed by atoms with van der Waals surface area (Å²) in [5, 5.41) is 0. The molecule has 0 radical (unpaired) electrons. The van der Waals surface area contributed by atoms with Gasteiger partial charge in [-0.3, -0.25) is 4.98 Å². The van der Waals surface area contributed by atoms with Gasteiger partial charge in [-0.05, 0) is 58.2 Å². The van der Waals surface area contributed by atoms with Crippen molar-refractivity contribution in [2.45, 2.75) is 57.8 Å². The molecule has 3 heteroatoms. The Morgan fingerprint density at radius 3 is 2.44 bits per heavy atom. The van der Waals surface area contributed by atoms with Crippen LogP contribution in [0.3, 0.4) is 0 Å². The van der Waals surface area contributed by atoms with Gasteiger partial charge in [-0.1, -0.05) is 0 Å². The molecule has 2 heterocycles. The zero-order chi connectivity index (χ0) is 13.4. The van der Waals surface area contributed by atoms with Crippen LogP contribution in [0, 0.1) is 5.92 Å². The Hall–Kier alpha value is -0.930. The van der Waals surface area contributed by atoms with Crippen molar-refractivity contribution in [3.8, 4) is 0 Å². The van der Waals surface area contributed by atoms with E-state index >= 15 is 0 Å². The fraction of sp³-hybridized carbons (Fsp3) is 0.667. The third-order valence-corrected chi connectivity index (χ3v) is 3.88. The first-order valence-corrected chi connectivity index (χ1v) is 6.65. The quantitative estimate of drug-likeness (QED) is 0.894. The lowest BCUT2D eigenvalue weighted by Crippen LogP contribution is -2.42. The van der Waals surface area contributed by atoms with Crippen molar-refractivity contribution >= 4 is 0 Å². The topological polar surface area (TPSA) is 48.1 Å². The van der Waals surface area contributed by atoms with E-state index in [0.717, 1.165) is 12.8 Å². The maximum Gasteiger partial charge on any atom is 0.0677 e. The van der Waals surface area contributed by atoms with E-state index in [1.54, 1.807) is 0 Å². The van der Waals surface area contributed by atoms with Gasteiger partial charge in [0.25, 0.3) is 0 Å². The summed E-state index contributed by atoms with van der Waals surface area (Å²) in [6.07, 6.45) is 5.55. The van der Waals surface area contributed by atoms with Crippen LogP contribution in [0.4, 0.5) is 0 Å². The molecule has 1 aromatic heterocycles. The van der Waals surface area contributed by atoms with Crippen molar-refractivity contribution in [3.05, 3.63) is 30.1 Å². The number of aromatic nitrogens is 1. The maximum absolute atomic E-state index is 6.41. The zero-order valence-corrected chi connectivity index (χ0v) is 11.8. The van der Waals surface area contributed by atoms with Crippen LogP contribution in [0.5, 0.6) is 0 Å². The summed E-state index contributed by atoms with van der Waals surface area (Å²) in [4.78, 5) is 4.04. The second-order valence-electron chi connectivity index (χ2n) is 6.50. The highest BCUT2D eigenvalue weighted by Crippen LogP contribution is 2.43. The van der Waals surface area contributed by atoms with Crippen LogP contribution >= 0.6 is 0 Å². The first-order chi connectivity index (χ1) is 8.30. The molecule has 2 rings (SSSR count). The summed E-state index contributed by atoms with van der Waals surface area (Å²) in [5.74, 6) is 0.390. The standard InChI is InChI=1S/C15H24N2O/c1-14(2)10-12(15(3,4)18-14)13(16)9-11-5-7-17-8-6-11/h5-8,12-13H,9-10,16H2,1-4H3. The normalized spacial score (nSPS) is 27.1. The molecular formula is C15H24N2O. The highest BCUT2D eigenvalue weighted by atomic mass is 16.5. The molecule has 0 amide bonds. The minimum absolute atomic E-state index is 0.0654. The Balaban J connectivity index is 2.08. The van der Waals surface area contributed by atoms with E-state index in [-0.39, 0.29) is 17.2 Å². The molecule has 2 unspecified atom stereocenters. The molecule has 1 aliphatic heterocycles. The first-order valence-electron chi connectivity index (χ1n) is 6.65. The molecule has 2 atom stereocenters. The Bertz CT molecular complexity index is 400. The fourth-order valence-corrected chi connectivity index (χ4v) is 3.21. The van der Waals surface area contributed by atoms with Gasteiger partial charge in [0.05, 0.1) is 11.2 Å². The van der Waals surface area contributed by atoms with Crippen LogP contribution in [-0.4, -0.2) is 22.2 Å². The molecule has 0 aliphatic carbocycles. The number of hydrogen-bond donors (Lipinski definition) is 1. The van der Waals surface area contributed by atoms with Gasteiger partial charge in [-0.15, -0.1) is 0 Å². The molecule has 3 nitrogen and oxygen atoms in total. The zero-order valence-electron chi connectivity index (χ0n) is 11.8. The fourth-order valence-electron chi connectivity index (χ4n) is 3.21. The summed E-state index contributed by atoms with van der Waals surface area (Å²) >= 11 is 0. The van der Waals surface area contributed by atoms with Gasteiger partial charge in [-0.2, -0.15) is 0 Å². The Kier molecular flexibility index (Phi) is 3.47. The van der Waals surface area contributed by atoms with E-state index in [0.29, 0.717) is 5.92 Å². The minimum atomic E-state index is -0.143. The Labute approximate surface area is 110 Å². The monoisotopic (exact) mass is 248 g/mol. The van der Waals surface area contributed by atoms with Gasteiger partial charge in [0.15, 0.2) is 0 Å². The van der Waals surface area contributed by atoms with Crippen molar-refractivity contribution in [3.63, 3.8) is 0 Å². The van der Waals surface area contributed by atoms with E-state index in [9.17, 15) is 0 Å². The van der Waals surface area contributed by atoms with Gasteiger partial charge in [-0.25, -0.2) is 0 Å². The van der Waals surface area contributed by atoms with Gasteiger partial charge < -0.3 is 10.5 Å². The third-order valence-electron chi connectivity index (χ3n) is 3.88. The van der Waals surface area contributed by atoms with E-state index in [1.807, 2.05) is 24.5 Å². The van der Waals surface area contributed by atoms with E-state index in [4.69, 9.17) is 10.5 Å². The molecule has 0 bridgehead atoms. The molecule has 0 spiro atoms. The van der Waals surface area contributed by atoms with Gasteiger partial charge in [0.1, 0.15) is 0 Å². The molecule has 1 fully saturated rings. The van der Waals surface area contributed by atoms with Crippen molar-refractivity contribution in [1.29, 1.82) is 0 Å². The molecule has 18 heavy (non-hydrogen) atoms. The number of nitrogens with two attached hydrogens (primary N) is 1. The third kappa shape index (κ3) is 2.90. The number of pyridine rings is 1. The second kappa shape index (κ2) is 4.63. The van der Waals surface area contributed by atoms with Crippen molar-refractivity contribution in [2.75, 3.05) is 0 Å². The lowest BCUT2D eigenvalue weighted by molar-refractivity contribution is -0.0765. The first kappa shape index (κ1) is 13.5. The van der Waals surface area contributed by atoms with Crippen LogP contribution < -0.4 is 5.73 Å². The van der Waals surface area contributed by atoms with Gasteiger partial charge >= 0.3 is 0 Å². The van der Waals surface area contributed by atoms with Crippen LogP contribution in [-0.2, 0) is 11.2 Å². The lowest BCUT2D eigenvalue weighted by Gasteiger charge is -2.31. The number of ether oxygens (including phenoxy) is 1. The Morgan fingerprint density at radius 1 is 1.33 bits per heavy atom. The van der Waals surface area contributed by atoms with Crippen LogP contribution in [0.25, 0.3) is 0 Å². The molecule has 0 saturated carbocycles. The van der Waals surface area contributed by atoms with Crippen LogP contribution in [0.2, 0.25) is 0 Å². The summed E-state index contributed by atoms with van der Waals surface area (Å²) in [5.41, 5.74) is 7.45. The number of hydrogen-bond acceptors (Lipinski definition) is 3. The van der Waals surface area contributed by atoms with Gasteiger partial charge in [0, 0.05) is 24.4 Å². The van der Waals surface area contributed by atoms with Crippen molar-refractivity contribution in [2.24, 2.45) is 11.7 Å². The number of nitrogens with zero attached hydrogens (tertiary/aromatic N) is 1. The summed E-state index contributed by atoms with van der Waals surface area (Å²) in [6.45, 7) is 8.60.